The fourth-order valence-corrected chi connectivity index (χ4v) is 3.20. The van der Waals surface area contributed by atoms with Crippen LogP contribution in [0, 0.1) is 11.8 Å². The summed E-state index contributed by atoms with van der Waals surface area (Å²) < 4.78 is 5.19. The molecule has 3 rings (SSSR count). The van der Waals surface area contributed by atoms with Crippen molar-refractivity contribution in [2.75, 3.05) is 13.1 Å². The molecule has 6 nitrogen and oxygen atoms in total. The predicted octanol–water partition coefficient (Wildman–Crippen LogP) is 2.20. The number of thiophene rings is 1. The van der Waals surface area contributed by atoms with Gasteiger partial charge in [-0.2, -0.15) is 0 Å². The first kappa shape index (κ1) is 13.8. The predicted molar refractivity (Wildman–Crippen MR) is 76.0 cm³/mol. The highest BCUT2D eigenvalue weighted by Crippen LogP contribution is 2.28. The maximum atomic E-state index is 12.4. The number of aromatic nitrogens is 1. The molecule has 0 radical (unpaired) electrons. The lowest BCUT2D eigenvalue weighted by molar-refractivity contribution is -0.142. The molecule has 0 bridgehead atoms. The van der Waals surface area contributed by atoms with Crippen molar-refractivity contribution < 1.29 is 19.2 Å². The van der Waals surface area contributed by atoms with Gasteiger partial charge in [-0.15, -0.1) is 11.3 Å². The molecular formula is C14H14N2O4S. The number of nitrogens with zero attached hydrogens (tertiary/aromatic N) is 2. The monoisotopic (exact) mass is 306 g/mol. The van der Waals surface area contributed by atoms with E-state index < -0.39 is 11.9 Å². The lowest BCUT2D eigenvalue weighted by atomic mass is 9.99. The Kier molecular flexibility index (Phi) is 3.50. The van der Waals surface area contributed by atoms with E-state index in [1.54, 1.807) is 6.07 Å². The molecule has 110 valence electrons. The standard InChI is InChI=1S/C14H14N2O4S/c1-8-6-16(7-9(8)14(18)19)13(17)10-5-11(20-15-10)12-3-2-4-21-12/h2-5,8-9H,6-7H2,1H3,(H,18,19). The molecule has 2 unspecified atom stereocenters. The van der Waals surface area contributed by atoms with Crippen LogP contribution in [0.3, 0.4) is 0 Å². The van der Waals surface area contributed by atoms with E-state index in [0.29, 0.717) is 12.3 Å². The van der Waals surface area contributed by atoms with Crippen LogP contribution in [-0.2, 0) is 4.79 Å². The summed E-state index contributed by atoms with van der Waals surface area (Å²) in [6.45, 7) is 2.49. The molecule has 1 aliphatic heterocycles. The van der Waals surface area contributed by atoms with Crippen molar-refractivity contribution in [1.29, 1.82) is 0 Å². The van der Waals surface area contributed by atoms with Crippen LogP contribution in [0.5, 0.6) is 0 Å². The number of amides is 1. The number of rotatable bonds is 3. The van der Waals surface area contributed by atoms with Gasteiger partial charge < -0.3 is 14.5 Å². The third kappa shape index (κ3) is 2.56. The van der Waals surface area contributed by atoms with E-state index >= 15 is 0 Å². The smallest absolute Gasteiger partial charge is 0.308 e. The molecule has 0 saturated carbocycles. The molecule has 1 N–H and O–H groups in total. The van der Waals surface area contributed by atoms with Crippen molar-refractivity contribution in [2.45, 2.75) is 6.92 Å². The molecule has 1 aliphatic rings. The van der Waals surface area contributed by atoms with Crippen molar-refractivity contribution in [3.8, 4) is 10.6 Å². The Bertz CT molecular complexity index is 664. The van der Waals surface area contributed by atoms with Crippen LogP contribution in [0.2, 0.25) is 0 Å². The average molecular weight is 306 g/mol. The minimum atomic E-state index is -0.864. The first-order chi connectivity index (χ1) is 10.1. The van der Waals surface area contributed by atoms with Crippen LogP contribution in [0.25, 0.3) is 10.6 Å². The van der Waals surface area contributed by atoms with Gasteiger partial charge in [0.25, 0.3) is 5.91 Å². The van der Waals surface area contributed by atoms with E-state index in [2.05, 4.69) is 5.16 Å². The van der Waals surface area contributed by atoms with Gasteiger partial charge in [0.05, 0.1) is 10.8 Å². The quantitative estimate of drug-likeness (QED) is 0.939. The summed E-state index contributed by atoms with van der Waals surface area (Å²) in [6, 6.07) is 5.38. The van der Waals surface area contributed by atoms with E-state index in [4.69, 9.17) is 9.63 Å². The minimum absolute atomic E-state index is 0.0601. The topological polar surface area (TPSA) is 83.6 Å². The van der Waals surface area contributed by atoms with Crippen LogP contribution in [0.15, 0.2) is 28.1 Å². The number of aliphatic carboxylic acids is 1. The van der Waals surface area contributed by atoms with Gasteiger partial charge in [0.2, 0.25) is 0 Å². The van der Waals surface area contributed by atoms with E-state index in [-0.39, 0.29) is 24.1 Å². The third-order valence-corrected chi connectivity index (χ3v) is 4.59. The Labute approximate surface area is 125 Å². The van der Waals surface area contributed by atoms with Crippen molar-refractivity contribution in [1.82, 2.24) is 10.1 Å². The Hall–Kier alpha value is -2.15. The molecule has 3 heterocycles. The van der Waals surface area contributed by atoms with Crippen molar-refractivity contribution >= 4 is 23.2 Å². The Morgan fingerprint density at radius 2 is 2.29 bits per heavy atom. The molecule has 1 fully saturated rings. The van der Waals surface area contributed by atoms with Crippen LogP contribution in [0.4, 0.5) is 0 Å². The highest BCUT2D eigenvalue weighted by atomic mass is 32.1. The average Bonchev–Trinajstić information content (AvgIpc) is 3.17. The van der Waals surface area contributed by atoms with Gasteiger partial charge >= 0.3 is 5.97 Å². The molecule has 0 aliphatic carbocycles. The van der Waals surface area contributed by atoms with Gasteiger partial charge in [-0.1, -0.05) is 18.1 Å². The van der Waals surface area contributed by atoms with Crippen LogP contribution in [-0.4, -0.2) is 40.1 Å². The maximum Gasteiger partial charge on any atom is 0.308 e. The third-order valence-electron chi connectivity index (χ3n) is 3.71. The van der Waals surface area contributed by atoms with Gasteiger partial charge in [0, 0.05) is 19.2 Å². The Morgan fingerprint density at radius 1 is 1.48 bits per heavy atom. The summed E-state index contributed by atoms with van der Waals surface area (Å²) in [5.41, 5.74) is 0.219. The number of carboxylic acids is 1. The zero-order valence-electron chi connectivity index (χ0n) is 11.4. The normalized spacial score (nSPS) is 21.7. The number of carbonyl (C=O) groups excluding carboxylic acids is 1. The second-order valence-corrected chi connectivity index (χ2v) is 6.13. The summed E-state index contributed by atoms with van der Waals surface area (Å²) in [4.78, 5) is 25.9. The van der Waals surface area contributed by atoms with E-state index in [9.17, 15) is 9.59 Å². The summed E-state index contributed by atoms with van der Waals surface area (Å²) in [5.74, 6) is -1.17. The van der Waals surface area contributed by atoms with Crippen LogP contribution in [0.1, 0.15) is 17.4 Å². The van der Waals surface area contributed by atoms with Crippen molar-refractivity contribution in [3.05, 3.63) is 29.3 Å². The highest BCUT2D eigenvalue weighted by Gasteiger charge is 2.38. The first-order valence-electron chi connectivity index (χ1n) is 6.59. The highest BCUT2D eigenvalue weighted by molar-refractivity contribution is 7.13. The van der Waals surface area contributed by atoms with Crippen LogP contribution >= 0.6 is 11.3 Å². The summed E-state index contributed by atoms with van der Waals surface area (Å²) in [7, 11) is 0. The molecule has 7 heteroatoms. The molecule has 0 aromatic carbocycles. The van der Waals surface area contributed by atoms with Gasteiger partial charge in [-0.05, 0) is 17.4 Å². The molecule has 21 heavy (non-hydrogen) atoms. The summed E-state index contributed by atoms with van der Waals surface area (Å²) in [6.07, 6.45) is 0. The Balaban J connectivity index is 1.76. The molecule has 2 aromatic heterocycles. The SMILES string of the molecule is CC1CN(C(=O)c2cc(-c3cccs3)on2)CC1C(=O)O. The maximum absolute atomic E-state index is 12.4. The minimum Gasteiger partial charge on any atom is -0.481 e. The van der Waals surface area contributed by atoms with Gasteiger partial charge in [0.15, 0.2) is 11.5 Å². The first-order valence-corrected chi connectivity index (χ1v) is 7.47. The van der Waals surface area contributed by atoms with E-state index in [1.165, 1.54) is 16.2 Å². The molecule has 1 saturated heterocycles. The zero-order chi connectivity index (χ0) is 15.0. The van der Waals surface area contributed by atoms with Gasteiger partial charge in [-0.25, -0.2) is 0 Å². The number of likely N-dealkylation sites (tertiary alicyclic amines) is 1. The second-order valence-electron chi connectivity index (χ2n) is 5.19. The number of carboxylic acid groups (broad SMARTS) is 1. The van der Waals surface area contributed by atoms with Crippen molar-refractivity contribution in [3.63, 3.8) is 0 Å². The van der Waals surface area contributed by atoms with E-state index in [1.807, 2.05) is 24.4 Å². The van der Waals surface area contributed by atoms with E-state index in [0.717, 1.165) is 4.88 Å². The molecule has 2 aromatic rings. The molecular weight excluding hydrogens is 292 g/mol. The fourth-order valence-electron chi connectivity index (χ4n) is 2.53. The fraction of sp³-hybridized carbons (Fsp3) is 0.357. The lowest BCUT2D eigenvalue weighted by Crippen LogP contribution is -2.30. The van der Waals surface area contributed by atoms with Crippen molar-refractivity contribution in [2.24, 2.45) is 11.8 Å². The number of carbonyl (C=O) groups is 2. The van der Waals surface area contributed by atoms with Gasteiger partial charge in [-0.3, -0.25) is 9.59 Å². The summed E-state index contributed by atoms with van der Waals surface area (Å²) in [5, 5.41) is 14.8. The molecule has 1 amide bonds. The zero-order valence-corrected chi connectivity index (χ0v) is 12.2. The van der Waals surface area contributed by atoms with Crippen LogP contribution < -0.4 is 0 Å². The number of hydrogen-bond acceptors (Lipinski definition) is 5. The molecule has 0 spiro atoms. The van der Waals surface area contributed by atoms with Gasteiger partial charge in [0.1, 0.15) is 0 Å². The largest absolute Gasteiger partial charge is 0.481 e. The lowest BCUT2D eigenvalue weighted by Gasteiger charge is -2.13. The second kappa shape index (κ2) is 5.33. The molecule has 2 atom stereocenters. The number of hydrogen-bond donors (Lipinski definition) is 1. The summed E-state index contributed by atoms with van der Waals surface area (Å²) >= 11 is 1.50. The Morgan fingerprint density at radius 3 is 2.90 bits per heavy atom.